The summed E-state index contributed by atoms with van der Waals surface area (Å²) in [5.41, 5.74) is 0.885. The van der Waals surface area contributed by atoms with E-state index in [-0.39, 0.29) is 11.5 Å². The van der Waals surface area contributed by atoms with Crippen LogP contribution in [0.5, 0.6) is 11.5 Å². The van der Waals surface area contributed by atoms with Crippen LogP contribution in [0.3, 0.4) is 0 Å². The van der Waals surface area contributed by atoms with Gasteiger partial charge in [0.1, 0.15) is 11.6 Å². The van der Waals surface area contributed by atoms with Crippen LogP contribution in [-0.4, -0.2) is 38.1 Å². The molecule has 1 aromatic carbocycles. The van der Waals surface area contributed by atoms with E-state index in [1.54, 1.807) is 31.3 Å². The van der Waals surface area contributed by atoms with Crippen molar-refractivity contribution in [1.29, 1.82) is 5.26 Å². The topological polar surface area (TPSA) is 62.6 Å². The molecule has 1 heterocycles. The molecule has 6 heteroatoms. The molecule has 2 rings (SSSR count). The predicted octanol–water partition coefficient (Wildman–Crippen LogP) is 2.84. The van der Waals surface area contributed by atoms with Crippen LogP contribution in [0.15, 0.2) is 17.7 Å². The summed E-state index contributed by atoms with van der Waals surface area (Å²) in [5, 5.41) is 9.29. The third-order valence-corrected chi connectivity index (χ3v) is 4.31. The van der Waals surface area contributed by atoms with E-state index < -0.39 is 0 Å². The number of hydrogen-bond donors (Lipinski definition) is 0. The first kappa shape index (κ1) is 16.6. The van der Waals surface area contributed by atoms with Crippen molar-refractivity contribution < 1.29 is 14.3 Å². The molecule has 1 aliphatic heterocycles. The van der Waals surface area contributed by atoms with Crippen LogP contribution >= 0.6 is 22.6 Å². The number of hydrogen-bond acceptors (Lipinski definition) is 4. The van der Waals surface area contributed by atoms with Gasteiger partial charge in [0.2, 0.25) is 0 Å². The Balaban J connectivity index is 2.35. The first-order valence-corrected chi connectivity index (χ1v) is 8.01. The van der Waals surface area contributed by atoms with Crippen LogP contribution in [-0.2, 0) is 4.79 Å². The molecule has 0 atom stereocenters. The van der Waals surface area contributed by atoms with Crippen molar-refractivity contribution in [3.05, 3.63) is 26.8 Å². The number of carbonyl (C=O) groups excluding carboxylic acids is 1. The fraction of sp³-hybridized carbons (Fsp3) is 0.375. The lowest BCUT2D eigenvalue weighted by atomic mass is 10.1. The van der Waals surface area contributed by atoms with Crippen molar-refractivity contribution >= 4 is 34.6 Å². The average Bonchev–Trinajstić information content (AvgIpc) is 3.05. The molecule has 5 nitrogen and oxygen atoms in total. The number of likely N-dealkylation sites (tertiary alicyclic amines) is 1. The van der Waals surface area contributed by atoms with Gasteiger partial charge < -0.3 is 14.4 Å². The van der Waals surface area contributed by atoms with Crippen molar-refractivity contribution in [2.45, 2.75) is 12.8 Å². The zero-order valence-electron chi connectivity index (χ0n) is 12.6. The first-order valence-electron chi connectivity index (χ1n) is 6.93. The Morgan fingerprint density at radius 2 is 2.00 bits per heavy atom. The van der Waals surface area contributed by atoms with Crippen molar-refractivity contribution in [2.75, 3.05) is 27.3 Å². The van der Waals surface area contributed by atoms with Gasteiger partial charge in [0.25, 0.3) is 5.91 Å². The van der Waals surface area contributed by atoms with Gasteiger partial charge in [-0.15, -0.1) is 0 Å². The van der Waals surface area contributed by atoms with E-state index in [2.05, 4.69) is 22.6 Å². The SMILES string of the molecule is COc1cc(/C=C(\C#N)C(=O)N2CCCC2)cc(I)c1OC. The Morgan fingerprint density at radius 1 is 1.32 bits per heavy atom. The number of halogens is 1. The lowest BCUT2D eigenvalue weighted by Crippen LogP contribution is -2.28. The van der Waals surface area contributed by atoms with Gasteiger partial charge in [0.05, 0.1) is 17.8 Å². The molecule has 1 aromatic rings. The number of nitriles is 1. The van der Waals surface area contributed by atoms with Crippen molar-refractivity contribution in [2.24, 2.45) is 0 Å². The molecule has 0 bridgehead atoms. The van der Waals surface area contributed by atoms with Crippen LogP contribution in [0.2, 0.25) is 0 Å². The normalized spacial score (nSPS) is 14.6. The van der Waals surface area contributed by atoms with Crippen molar-refractivity contribution in [3.8, 4) is 17.6 Å². The fourth-order valence-corrected chi connectivity index (χ4v) is 3.27. The molecule has 0 radical (unpaired) electrons. The number of methoxy groups -OCH3 is 2. The Hall–Kier alpha value is -1.75. The monoisotopic (exact) mass is 412 g/mol. The van der Waals surface area contributed by atoms with Crippen molar-refractivity contribution in [3.63, 3.8) is 0 Å². The highest BCUT2D eigenvalue weighted by molar-refractivity contribution is 14.1. The standard InChI is InChI=1S/C16H17IN2O3/c1-21-14-9-11(8-13(17)15(14)22-2)7-12(10-18)16(20)19-5-3-4-6-19/h7-9H,3-6H2,1-2H3/b12-7+. The van der Waals surface area contributed by atoms with Crippen LogP contribution in [0.4, 0.5) is 0 Å². The minimum atomic E-state index is -0.204. The maximum atomic E-state index is 12.3. The summed E-state index contributed by atoms with van der Waals surface area (Å²) in [6.45, 7) is 1.45. The lowest BCUT2D eigenvalue weighted by Gasteiger charge is -2.14. The zero-order valence-corrected chi connectivity index (χ0v) is 14.7. The second-order valence-corrected chi connectivity index (χ2v) is 6.07. The summed E-state index contributed by atoms with van der Waals surface area (Å²) >= 11 is 2.14. The molecule has 0 aromatic heterocycles. The number of nitrogens with zero attached hydrogens (tertiary/aromatic N) is 2. The molecule has 116 valence electrons. The molecular weight excluding hydrogens is 395 g/mol. The summed E-state index contributed by atoms with van der Waals surface area (Å²) < 4.78 is 11.4. The van der Waals surface area contributed by atoms with Crippen LogP contribution in [0.1, 0.15) is 18.4 Å². The molecular formula is C16H17IN2O3. The maximum Gasteiger partial charge on any atom is 0.264 e. The predicted molar refractivity (Wildman–Crippen MR) is 91.7 cm³/mol. The molecule has 1 aliphatic rings. The second kappa shape index (κ2) is 7.49. The molecule has 1 fully saturated rings. The first-order chi connectivity index (χ1) is 10.6. The van der Waals surface area contributed by atoms with Crippen LogP contribution in [0, 0.1) is 14.9 Å². The second-order valence-electron chi connectivity index (χ2n) is 4.91. The van der Waals surface area contributed by atoms with Crippen LogP contribution in [0.25, 0.3) is 6.08 Å². The van der Waals surface area contributed by atoms with Crippen LogP contribution < -0.4 is 9.47 Å². The number of amides is 1. The van der Waals surface area contributed by atoms with Gasteiger partial charge in [-0.2, -0.15) is 5.26 Å². The molecule has 0 saturated carbocycles. The number of ether oxygens (including phenoxy) is 2. The van der Waals surface area contributed by atoms with Gasteiger partial charge in [0.15, 0.2) is 11.5 Å². The van der Waals surface area contributed by atoms with Crippen molar-refractivity contribution in [1.82, 2.24) is 4.90 Å². The molecule has 1 saturated heterocycles. The number of carbonyl (C=O) groups is 1. The Kier molecular flexibility index (Phi) is 5.66. The molecule has 0 unspecified atom stereocenters. The van der Waals surface area contributed by atoms with Gasteiger partial charge in [-0.3, -0.25) is 4.79 Å². The van der Waals surface area contributed by atoms with Gasteiger partial charge in [-0.05, 0) is 59.2 Å². The zero-order chi connectivity index (χ0) is 16.1. The lowest BCUT2D eigenvalue weighted by molar-refractivity contribution is -0.125. The Labute approximate surface area is 143 Å². The minimum absolute atomic E-state index is 0.143. The molecule has 0 N–H and O–H groups in total. The number of rotatable bonds is 4. The highest BCUT2D eigenvalue weighted by Crippen LogP contribution is 2.34. The largest absolute Gasteiger partial charge is 0.493 e. The summed E-state index contributed by atoms with van der Waals surface area (Å²) in [4.78, 5) is 14.0. The van der Waals surface area contributed by atoms with E-state index in [1.807, 2.05) is 12.1 Å². The van der Waals surface area contributed by atoms with Gasteiger partial charge in [0, 0.05) is 13.1 Å². The van der Waals surface area contributed by atoms with E-state index in [4.69, 9.17) is 9.47 Å². The Bertz CT molecular complexity index is 644. The quantitative estimate of drug-likeness (QED) is 0.434. The van der Waals surface area contributed by atoms with Gasteiger partial charge >= 0.3 is 0 Å². The minimum Gasteiger partial charge on any atom is -0.493 e. The highest BCUT2D eigenvalue weighted by atomic mass is 127. The maximum absolute atomic E-state index is 12.3. The third-order valence-electron chi connectivity index (χ3n) is 3.51. The van der Waals surface area contributed by atoms with E-state index >= 15 is 0 Å². The molecule has 22 heavy (non-hydrogen) atoms. The Morgan fingerprint density at radius 3 is 2.55 bits per heavy atom. The van der Waals surface area contributed by atoms with Gasteiger partial charge in [-0.25, -0.2) is 0 Å². The smallest absolute Gasteiger partial charge is 0.264 e. The van der Waals surface area contributed by atoms with E-state index in [0.29, 0.717) is 11.5 Å². The molecule has 0 spiro atoms. The molecule has 0 aliphatic carbocycles. The van der Waals surface area contributed by atoms with E-state index in [9.17, 15) is 10.1 Å². The number of benzene rings is 1. The summed E-state index contributed by atoms with van der Waals surface area (Å²) in [5.74, 6) is 1.01. The third kappa shape index (κ3) is 3.53. The molecule has 1 amide bonds. The highest BCUT2D eigenvalue weighted by Gasteiger charge is 2.21. The summed E-state index contributed by atoms with van der Waals surface area (Å²) in [7, 11) is 3.13. The fourth-order valence-electron chi connectivity index (χ4n) is 2.42. The van der Waals surface area contributed by atoms with E-state index in [0.717, 1.165) is 35.1 Å². The van der Waals surface area contributed by atoms with Gasteiger partial charge in [-0.1, -0.05) is 0 Å². The van der Waals surface area contributed by atoms with E-state index in [1.165, 1.54) is 0 Å². The summed E-state index contributed by atoms with van der Waals surface area (Å²) in [6, 6.07) is 5.63. The average molecular weight is 412 g/mol. The summed E-state index contributed by atoms with van der Waals surface area (Å²) in [6.07, 6.45) is 3.60.